The van der Waals surface area contributed by atoms with Gasteiger partial charge in [-0.2, -0.15) is 0 Å². The standard InChI is InChI=1S/C6H15N.C3H4O/c1-2-3-4-5-6-7;1-2-3-4/h2-7H2,1H3;4H,1H3. The van der Waals surface area contributed by atoms with Gasteiger partial charge in [0, 0.05) is 6.92 Å². The van der Waals surface area contributed by atoms with E-state index in [1.807, 2.05) is 0 Å². The molecule has 0 saturated carbocycles. The molecule has 2 heteroatoms. The summed E-state index contributed by atoms with van der Waals surface area (Å²) < 4.78 is 0. The van der Waals surface area contributed by atoms with Gasteiger partial charge in [-0.25, -0.2) is 0 Å². The number of nitrogens with two attached hydrogens (primary N) is 1. The van der Waals surface area contributed by atoms with Gasteiger partial charge < -0.3 is 10.8 Å². The van der Waals surface area contributed by atoms with E-state index in [9.17, 15) is 0 Å². The average Bonchev–Trinajstić information content (AvgIpc) is 2.06. The van der Waals surface area contributed by atoms with E-state index < -0.39 is 0 Å². The Kier molecular flexibility index (Phi) is 19.0. The molecule has 0 unspecified atom stereocenters. The van der Waals surface area contributed by atoms with Crippen molar-refractivity contribution in [1.29, 1.82) is 0 Å². The number of hydrogen-bond acceptors (Lipinski definition) is 2. The molecule has 0 atom stereocenters. The summed E-state index contributed by atoms with van der Waals surface area (Å²) in [6.07, 6.45) is 6.85. The SMILES string of the molecule is CC#CO.CCCCCCN. The lowest BCUT2D eigenvalue weighted by Crippen LogP contribution is -1.97. The Labute approximate surface area is 69.8 Å². The number of aliphatic hydroxyl groups excluding tert-OH is 1. The monoisotopic (exact) mass is 157 g/mol. The van der Waals surface area contributed by atoms with Crippen molar-refractivity contribution in [2.75, 3.05) is 6.54 Å². The van der Waals surface area contributed by atoms with Crippen molar-refractivity contribution in [2.24, 2.45) is 5.73 Å². The molecular formula is C9H19NO. The van der Waals surface area contributed by atoms with Gasteiger partial charge in [-0.1, -0.05) is 32.1 Å². The van der Waals surface area contributed by atoms with Crippen molar-refractivity contribution < 1.29 is 5.11 Å². The van der Waals surface area contributed by atoms with Gasteiger partial charge in [0.1, 0.15) is 6.11 Å². The summed E-state index contributed by atoms with van der Waals surface area (Å²) in [5.74, 6) is 2.24. The second-order valence-electron chi connectivity index (χ2n) is 2.21. The molecule has 0 bridgehead atoms. The van der Waals surface area contributed by atoms with Crippen molar-refractivity contribution in [2.45, 2.75) is 39.5 Å². The first-order chi connectivity index (χ1) is 5.33. The minimum Gasteiger partial charge on any atom is -0.462 e. The third kappa shape index (κ3) is 26.8. The molecule has 11 heavy (non-hydrogen) atoms. The van der Waals surface area contributed by atoms with Gasteiger partial charge in [0.05, 0.1) is 0 Å². The van der Waals surface area contributed by atoms with Crippen molar-refractivity contribution in [3.63, 3.8) is 0 Å². The summed E-state index contributed by atoms with van der Waals surface area (Å²) >= 11 is 0. The third-order valence-electron chi connectivity index (χ3n) is 1.17. The Balaban J connectivity index is 0. The zero-order chi connectivity index (χ0) is 8.95. The molecule has 0 spiro atoms. The maximum atomic E-state index is 7.51. The molecule has 0 aliphatic heterocycles. The molecule has 0 fully saturated rings. The average molecular weight is 157 g/mol. The van der Waals surface area contributed by atoms with Crippen LogP contribution in [0.25, 0.3) is 0 Å². The predicted molar refractivity (Wildman–Crippen MR) is 48.6 cm³/mol. The van der Waals surface area contributed by atoms with E-state index in [2.05, 4.69) is 12.8 Å². The van der Waals surface area contributed by atoms with Crippen molar-refractivity contribution in [3.8, 4) is 12.0 Å². The Hall–Kier alpha value is -0.680. The van der Waals surface area contributed by atoms with Crippen LogP contribution in [-0.2, 0) is 0 Å². The lowest BCUT2D eigenvalue weighted by molar-refractivity contribution is 0.517. The number of aliphatic hydroxyl groups is 1. The molecule has 0 aliphatic rings. The summed E-state index contributed by atoms with van der Waals surface area (Å²) in [7, 11) is 0. The topological polar surface area (TPSA) is 46.2 Å². The quantitative estimate of drug-likeness (QED) is 0.483. The normalized spacial score (nSPS) is 7.18. The summed E-state index contributed by atoms with van der Waals surface area (Å²) in [5.41, 5.74) is 5.27. The maximum Gasteiger partial charge on any atom is 0.107 e. The first kappa shape index (κ1) is 12.9. The molecule has 66 valence electrons. The molecule has 0 rings (SSSR count). The molecule has 0 aromatic heterocycles. The number of hydrogen-bond donors (Lipinski definition) is 2. The lowest BCUT2D eigenvalue weighted by Gasteiger charge is -1.90. The molecule has 0 saturated heterocycles. The summed E-state index contributed by atoms with van der Waals surface area (Å²) in [4.78, 5) is 0. The van der Waals surface area contributed by atoms with E-state index in [-0.39, 0.29) is 0 Å². The largest absolute Gasteiger partial charge is 0.462 e. The van der Waals surface area contributed by atoms with Crippen LogP contribution in [-0.4, -0.2) is 11.7 Å². The Morgan fingerprint density at radius 2 is 1.82 bits per heavy atom. The molecular weight excluding hydrogens is 138 g/mol. The van der Waals surface area contributed by atoms with E-state index in [1.165, 1.54) is 25.7 Å². The highest BCUT2D eigenvalue weighted by molar-refractivity contribution is 4.81. The molecule has 0 radical (unpaired) electrons. The molecule has 0 heterocycles. The van der Waals surface area contributed by atoms with E-state index in [0.717, 1.165) is 6.54 Å². The fourth-order valence-electron chi connectivity index (χ4n) is 0.571. The minimum absolute atomic E-state index is 0.861. The van der Waals surface area contributed by atoms with Gasteiger partial charge in [-0.05, 0) is 13.0 Å². The Morgan fingerprint density at radius 3 is 2.09 bits per heavy atom. The first-order valence-electron chi connectivity index (χ1n) is 4.09. The fraction of sp³-hybridized carbons (Fsp3) is 0.778. The van der Waals surface area contributed by atoms with E-state index in [1.54, 1.807) is 13.0 Å². The van der Waals surface area contributed by atoms with Crippen molar-refractivity contribution in [3.05, 3.63) is 0 Å². The van der Waals surface area contributed by atoms with Gasteiger partial charge >= 0.3 is 0 Å². The second-order valence-corrected chi connectivity index (χ2v) is 2.21. The Bertz CT molecular complexity index is 91.9. The zero-order valence-corrected chi connectivity index (χ0v) is 7.56. The lowest BCUT2D eigenvalue weighted by atomic mass is 10.2. The van der Waals surface area contributed by atoms with Crippen LogP contribution in [0.1, 0.15) is 39.5 Å². The van der Waals surface area contributed by atoms with Gasteiger partial charge in [-0.3, -0.25) is 0 Å². The fourth-order valence-corrected chi connectivity index (χ4v) is 0.571. The minimum atomic E-state index is 0.861. The Morgan fingerprint density at radius 1 is 1.27 bits per heavy atom. The highest BCUT2D eigenvalue weighted by Crippen LogP contribution is 1.95. The van der Waals surface area contributed by atoms with Crippen LogP contribution in [0.15, 0.2) is 0 Å². The summed E-state index contributed by atoms with van der Waals surface area (Å²) in [6.45, 7) is 4.64. The second kappa shape index (κ2) is 16.2. The van der Waals surface area contributed by atoms with E-state index >= 15 is 0 Å². The molecule has 0 aromatic rings. The molecule has 2 nitrogen and oxygen atoms in total. The van der Waals surface area contributed by atoms with Crippen LogP contribution in [0, 0.1) is 12.0 Å². The van der Waals surface area contributed by atoms with Crippen LogP contribution in [0.2, 0.25) is 0 Å². The third-order valence-corrected chi connectivity index (χ3v) is 1.17. The maximum absolute atomic E-state index is 7.51. The number of unbranched alkanes of at least 4 members (excludes halogenated alkanes) is 3. The summed E-state index contributed by atoms with van der Waals surface area (Å²) in [5, 5.41) is 7.51. The molecule has 0 aromatic carbocycles. The van der Waals surface area contributed by atoms with Crippen LogP contribution >= 0.6 is 0 Å². The summed E-state index contributed by atoms with van der Waals surface area (Å²) in [6, 6.07) is 0. The van der Waals surface area contributed by atoms with Crippen LogP contribution in [0.5, 0.6) is 0 Å². The van der Waals surface area contributed by atoms with E-state index in [4.69, 9.17) is 10.8 Å². The van der Waals surface area contributed by atoms with Gasteiger partial charge in [0.15, 0.2) is 0 Å². The van der Waals surface area contributed by atoms with E-state index in [0.29, 0.717) is 0 Å². The van der Waals surface area contributed by atoms with Crippen molar-refractivity contribution >= 4 is 0 Å². The van der Waals surface area contributed by atoms with Crippen LogP contribution in [0.4, 0.5) is 0 Å². The van der Waals surface area contributed by atoms with Crippen molar-refractivity contribution in [1.82, 2.24) is 0 Å². The van der Waals surface area contributed by atoms with Crippen LogP contribution in [0.3, 0.4) is 0 Å². The predicted octanol–water partition coefficient (Wildman–Crippen LogP) is 1.87. The number of rotatable bonds is 4. The van der Waals surface area contributed by atoms with Gasteiger partial charge in [-0.15, -0.1) is 0 Å². The highest BCUT2D eigenvalue weighted by Gasteiger charge is 1.80. The zero-order valence-electron chi connectivity index (χ0n) is 7.56. The highest BCUT2D eigenvalue weighted by atomic mass is 16.2. The first-order valence-corrected chi connectivity index (χ1v) is 4.09. The molecule has 0 amide bonds. The van der Waals surface area contributed by atoms with Crippen LogP contribution < -0.4 is 5.73 Å². The smallest absolute Gasteiger partial charge is 0.107 e. The van der Waals surface area contributed by atoms with Gasteiger partial charge in [0.2, 0.25) is 0 Å². The van der Waals surface area contributed by atoms with Gasteiger partial charge in [0.25, 0.3) is 0 Å². The molecule has 0 aliphatic carbocycles. The molecule has 3 N–H and O–H groups in total.